The van der Waals surface area contributed by atoms with Gasteiger partial charge in [-0.2, -0.15) is 26.6 Å². The lowest BCUT2D eigenvalue weighted by Crippen LogP contribution is -2.30. The van der Waals surface area contributed by atoms with E-state index in [-0.39, 0.29) is 45.5 Å². The van der Waals surface area contributed by atoms with E-state index in [2.05, 4.69) is 15.1 Å². The maximum atomic E-state index is 13.5. The predicted molar refractivity (Wildman–Crippen MR) is 204 cm³/mol. The number of carboxylic acid groups (broad SMARTS) is 2. The number of anilines is 1. The highest BCUT2D eigenvalue weighted by Crippen LogP contribution is 2.37. The van der Waals surface area contributed by atoms with Gasteiger partial charge in [-0.3, -0.25) is 14.1 Å². The maximum Gasteiger partial charge on any atom is 0.416 e. The van der Waals surface area contributed by atoms with Crippen molar-refractivity contribution in [3.63, 3.8) is 0 Å². The molecule has 0 bridgehead atoms. The number of nitrogens with zero attached hydrogens (tertiary/aromatic N) is 4. The second-order valence-electron chi connectivity index (χ2n) is 12.2. The van der Waals surface area contributed by atoms with Gasteiger partial charge in [-0.15, -0.1) is 5.10 Å². The zero-order valence-corrected chi connectivity index (χ0v) is 34.1. The van der Waals surface area contributed by atoms with Gasteiger partial charge >= 0.3 is 24.1 Å². The lowest BCUT2D eigenvalue weighted by Gasteiger charge is -2.13. The SMILES string of the molecule is CP(=O)(O)CCC(N)C(=O)O.C[C@H](OC(=O)c1cc(Oc2ccc(C(F)(F)F)cc2Cl)ccc1Cl)C(=O)O.Cc1ccn2nc(S(=O)(=O)Nc3c(F)cccc3F)nc2n1. The number of carbonyl (C=O) groups excluding carboxylic acids is 1. The van der Waals surface area contributed by atoms with Crippen LogP contribution in [0.2, 0.25) is 10.0 Å². The molecule has 60 heavy (non-hydrogen) atoms. The van der Waals surface area contributed by atoms with Crippen LogP contribution in [-0.2, 0) is 35.1 Å². The van der Waals surface area contributed by atoms with Crippen molar-refractivity contribution in [1.29, 1.82) is 0 Å². The third-order valence-electron chi connectivity index (χ3n) is 7.22. The van der Waals surface area contributed by atoms with Crippen molar-refractivity contribution in [2.24, 2.45) is 5.73 Å². The van der Waals surface area contributed by atoms with Crippen molar-refractivity contribution in [3.05, 3.63) is 105 Å². The highest BCUT2D eigenvalue weighted by molar-refractivity contribution is 7.92. The number of esters is 1. The molecule has 0 fully saturated rings. The number of hydrogen-bond acceptors (Lipinski definition) is 12. The molecule has 0 aliphatic rings. The van der Waals surface area contributed by atoms with Gasteiger partial charge in [0, 0.05) is 24.7 Å². The van der Waals surface area contributed by atoms with E-state index in [9.17, 15) is 49.3 Å². The van der Waals surface area contributed by atoms with Crippen molar-refractivity contribution in [2.75, 3.05) is 17.5 Å². The molecule has 6 N–H and O–H groups in total. The molecule has 3 atom stereocenters. The van der Waals surface area contributed by atoms with Crippen molar-refractivity contribution in [1.82, 2.24) is 19.6 Å². The number of nitrogens with two attached hydrogens (primary N) is 1. The fraction of sp³-hybridized carbons (Fsp3) is 0.235. The van der Waals surface area contributed by atoms with Crippen LogP contribution in [0.4, 0.5) is 27.6 Å². The molecule has 2 unspecified atom stereocenters. The molecule has 0 amide bonds. The summed E-state index contributed by atoms with van der Waals surface area (Å²) in [5.74, 6) is -5.54. The van der Waals surface area contributed by atoms with Gasteiger partial charge in [0.2, 0.25) is 0 Å². The van der Waals surface area contributed by atoms with Crippen LogP contribution in [-0.4, -0.2) is 86.0 Å². The van der Waals surface area contributed by atoms with Crippen LogP contribution >= 0.6 is 30.6 Å². The topological polar surface area (TPSA) is 263 Å². The van der Waals surface area contributed by atoms with Crippen molar-refractivity contribution < 1.29 is 73.9 Å². The summed E-state index contributed by atoms with van der Waals surface area (Å²) in [6.45, 7) is 4.05. The molecule has 2 aromatic heterocycles. The lowest BCUT2D eigenvalue weighted by molar-refractivity contribution is -0.146. The summed E-state index contributed by atoms with van der Waals surface area (Å²) >= 11 is 11.7. The van der Waals surface area contributed by atoms with Crippen molar-refractivity contribution >= 4 is 70.0 Å². The molecule has 26 heteroatoms. The van der Waals surface area contributed by atoms with Gasteiger partial charge in [-0.25, -0.2) is 27.9 Å². The van der Waals surface area contributed by atoms with E-state index >= 15 is 0 Å². The Hall–Kier alpha value is -5.45. The predicted octanol–water partition coefficient (Wildman–Crippen LogP) is 6.63. The smallest absolute Gasteiger partial charge is 0.416 e. The number of nitrogens with one attached hydrogen (secondary N) is 1. The number of hydrogen-bond donors (Lipinski definition) is 5. The van der Waals surface area contributed by atoms with Gasteiger partial charge in [0.25, 0.3) is 21.0 Å². The summed E-state index contributed by atoms with van der Waals surface area (Å²) in [5.41, 5.74) is 3.81. The van der Waals surface area contributed by atoms with Crippen LogP contribution in [0.1, 0.15) is 35.0 Å². The molecular formula is C34H32Cl2F5N6O11PS. The van der Waals surface area contributed by atoms with E-state index in [1.807, 2.05) is 0 Å². The van der Waals surface area contributed by atoms with Gasteiger partial charge in [-0.05, 0) is 74.9 Å². The van der Waals surface area contributed by atoms with Crippen LogP contribution in [0.25, 0.3) is 5.78 Å². The van der Waals surface area contributed by atoms with Crippen LogP contribution in [0.3, 0.4) is 0 Å². The summed E-state index contributed by atoms with van der Waals surface area (Å²) in [6, 6.07) is 9.90. The molecule has 5 aromatic rings. The number of ether oxygens (including phenoxy) is 2. The summed E-state index contributed by atoms with van der Waals surface area (Å²) < 4.78 is 113. The van der Waals surface area contributed by atoms with E-state index in [0.29, 0.717) is 11.8 Å². The van der Waals surface area contributed by atoms with Gasteiger partial charge in [0.15, 0.2) is 13.5 Å². The Morgan fingerprint density at radius 1 is 0.983 bits per heavy atom. The molecule has 0 saturated heterocycles. The van der Waals surface area contributed by atoms with Crippen molar-refractivity contribution in [2.45, 2.75) is 43.7 Å². The summed E-state index contributed by atoms with van der Waals surface area (Å²) in [4.78, 5) is 49.4. The Morgan fingerprint density at radius 2 is 1.62 bits per heavy atom. The zero-order chi connectivity index (χ0) is 45.3. The fourth-order valence-corrected chi connectivity index (χ4v) is 6.25. The molecule has 2 heterocycles. The number of carboxylic acids is 2. The quantitative estimate of drug-likeness (QED) is 0.0499. The second kappa shape index (κ2) is 20.2. The number of aryl methyl sites for hydroxylation is 1. The number of fused-ring (bicyclic) bond motifs is 1. The number of aromatic nitrogens is 4. The first-order valence-electron chi connectivity index (χ1n) is 16.4. The van der Waals surface area contributed by atoms with E-state index in [1.165, 1.54) is 25.0 Å². The Labute approximate surface area is 346 Å². The number of sulfonamides is 1. The third kappa shape index (κ3) is 14.4. The number of para-hydroxylation sites is 1. The first kappa shape index (κ1) is 48.9. The minimum Gasteiger partial charge on any atom is -0.480 e. The Bertz CT molecular complexity index is 2530. The van der Waals surface area contributed by atoms with Gasteiger partial charge in [0.1, 0.15) is 34.9 Å². The normalized spacial score (nSPS) is 13.3. The largest absolute Gasteiger partial charge is 0.480 e. The van der Waals surface area contributed by atoms with Crippen molar-refractivity contribution in [3.8, 4) is 11.5 Å². The number of benzene rings is 3. The molecule has 0 radical (unpaired) electrons. The van der Waals surface area contributed by atoms with Gasteiger partial charge in [-0.1, -0.05) is 29.3 Å². The molecule has 17 nitrogen and oxygen atoms in total. The van der Waals surface area contributed by atoms with Crippen LogP contribution in [0, 0.1) is 18.6 Å². The minimum absolute atomic E-state index is 0.0246. The van der Waals surface area contributed by atoms with Crippen LogP contribution in [0.15, 0.2) is 72.0 Å². The highest BCUT2D eigenvalue weighted by atomic mass is 35.5. The molecule has 0 spiro atoms. The number of rotatable bonds is 12. The minimum atomic E-state index is -4.56. The fourth-order valence-electron chi connectivity index (χ4n) is 4.12. The molecule has 0 aliphatic carbocycles. The summed E-state index contributed by atoms with van der Waals surface area (Å²) in [5, 5.41) is 19.8. The first-order chi connectivity index (χ1) is 27.7. The van der Waals surface area contributed by atoms with E-state index in [1.54, 1.807) is 17.7 Å². The third-order valence-corrected chi connectivity index (χ3v) is 10.1. The maximum absolute atomic E-state index is 13.5. The van der Waals surface area contributed by atoms with Crippen LogP contribution in [0.5, 0.6) is 11.5 Å². The highest BCUT2D eigenvalue weighted by Gasteiger charge is 2.31. The van der Waals surface area contributed by atoms with Crippen LogP contribution < -0.4 is 15.2 Å². The van der Waals surface area contributed by atoms with Gasteiger partial charge < -0.3 is 30.3 Å². The number of aliphatic carboxylic acids is 2. The molecular weight excluding hydrogens is 897 g/mol. The number of halogens is 7. The van der Waals surface area contributed by atoms with E-state index in [0.717, 1.165) is 47.8 Å². The summed E-state index contributed by atoms with van der Waals surface area (Å²) in [7, 11) is -7.45. The molecule has 0 saturated carbocycles. The Balaban J connectivity index is 0.000000261. The van der Waals surface area contributed by atoms with E-state index in [4.69, 9.17) is 53.5 Å². The molecule has 3 aromatic carbocycles. The van der Waals surface area contributed by atoms with E-state index < -0.39 is 81.7 Å². The monoisotopic (exact) mass is 928 g/mol. The zero-order valence-electron chi connectivity index (χ0n) is 30.9. The Kier molecular flexibility index (Phi) is 16.5. The average molecular weight is 930 g/mol. The Morgan fingerprint density at radius 3 is 2.17 bits per heavy atom. The van der Waals surface area contributed by atoms with Gasteiger partial charge in [0.05, 0.1) is 21.2 Å². The number of carbonyl (C=O) groups is 3. The molecule has 324 valence electrons. The average Bonchev–Trinajstić information content (AvgIpc) is 3.58. The second-order valence-corrected chi connectivity index (χ2v) is 17.1. The summed E-state index contributed by atoms with van der Waals surface area (Å²) in [6.07, 6.45) is -4.48. The lowest BCUT2D eigenvalue weighted by atomic mass is 10.2. The first-order valence-corrected chi connectivity index (χ1v) is 20.9. The number of alkyl halides is 3. The molecule has 0 aliphatic heterocycles. The molecule has 5 rings (SSSR count). The standard InChI is InChI=1S/C17H11Cl2F3O5.C12H9F2N5O2S.C5H12NO4P/c1-8(15(23)24)26-16(25)11-7-10(3-4-12(11)18)27-14-5-2-9(6-13(14)19)17(20,21)22;1-7-5-6-19-11(15-7)16-12(17-19)22(20,21)18-10-8(13)3-2-4-9(10)14;1-11(9,10)3-2-4(6)5(7)8/h2-8H,1H3,(H,23,24);2-6,18H,1H3;4H,2-3,6H2,1H3,(H,7,8)(H,9,10)/t8-;;/m0../s1.